The van der Waals surface area contributed by atoms with E-state index in [0.29, 0.717) is 13.0 Å². The molecule has 2 fully saturated rings. The van der Waals surface area contributed by atoms with E-state index in [1.54, 1.807) is 4.90 Å². The molecule has 1 aliphatic heterocycles. The topological polar surface area (TPSA) is 58.6 Å². The lowest BCUT2D eigenvalue weighted by atomic mass is 9.95. The van der Waals surface area contributed by atoms with Crippen LogP contribution in [0.25, 0.3) is 0 Å². The van der Waals surface area contributed by atoms with Gasteiger partial charge in [0.1, 0.15) is 5.75 Å². The highest BCUT2D eigenvalue weighted by atomic mass is 16.5. The van der Waals surface area contributed by atoms with E-state index in [-0.39, 0.29) is 29.9 Å². The highest BCUT2D eigenvalue weighted by molar-refractivity contribution is 6.00. The van der Waals surface area contributed by atoms with Gasteiger partial charge in [-0.1, -0.05) is 19.3 Å². The van der Waals surface area contributed by atoms with Crippen LogP contribution in [0.3, 0.4) is 0 Å². The molecule has 5 heteroatoms. The maximum atomic E-state index is 12.5. The first-order valence-electron chi connectivity index (χ1n) is 9.40. The Balaban J connectivity index is 1.58. The summed E-state index contributed by atoms with van der Waals surface area (Å²) < 4.78 is 5.64. The third kappa shape index (κ3) is 4.53. The van der Waals surface area contributed by atoms with Crippen LogP contribution in [-0.2, 0) is 9.59 Å². The SMILES string of the molecule is CC(C)Oc1ccc(N2CC(C(=O)NC3CCCCC3)CC2=O)cc1. The highest BCUT2D eigenvalue weighted by Gasteiger charge is 2.35. The molecule has 1 aromatic carbocycles. The maximum Gasteiger partial charge on any atom is 0.227 e. The quantitative estimate of drug-likeness (QED) is 0.892. The van der Waals surface area contributed by atoms with E-state index in [0.717, 1.165) is 24.3 Å². The standard InChI is InChI=1S/C20H28N2O3/c1-14(2)25-18-10-8-17(9-11-18)22-13-15(12-19(22)23)20(24)21-16-6-4-3-5-7-16/h8-11,14-16H,3-7,12-13H2,1-2H3,(H,21,24). The molecule has 1 heterocycles. The zero-order valence-corrected chi connectivity index (χ0v) is 15.2. The van der Waals surface area contributed by atoms with Crippen molar-refractivity contribution < 1.29 is 14.3 Å². The Bertz CT molecular complexity index is 606. The minimum Gasteiger partial charge on any atom is -0.491 e. The highest BCUT2D eigenvalue weighted by Crippen LogP contribution is 2.28. The molecule has 1 saturated heterocycles. The third-order valence-corrected chi connectivity index (χ3v) is 4.97. The first kappa shape index (κ1) is 17.8. The summed E-state index contributed by atoms with van der Waals surface area (Å²) in [5.41, 5.74) is 0.828. The largest absolute Gasteiger partial charge is 0.491 e. The van der Waals surface area contributed by atoms with Crippen LogP contribution in [0.15, 0.2) is 24.3 Å². The predicted octanol–water partition coefficient (Wildman–Crippen LogP) is 3.28. The van der Waals surface area contributed by atoms with Crippen LogP contribution in [-0.4, -0.2) is 30.5 Å². The average Bonchev–Trinajstić information content (AvgIpc) is 2.98. The number of carbonyl (C=O) groups is 2. The molecule has 1 aromatic rings. The van der Waals surface area contributed by atoms with E-state index in [1.165, 1.54) is 19.3 Å². The number of anilines is 1. The molecule has 0 aromatic heterocycles. The van der Waals surface area contributed by atoms with Crippen molar-refractivity contribution in [1.29, 1.82) is 0 Å². The summed E-state index contributed by atoms with van der Waals surface area (Å²) in [6.07, 6.45) is 6.17. The van der Waals surface area contributed by atoms with Crippen molar-refractivity contribution in [3.63, 3.8) is 0 Å². The van der Waals surface area contributed by atoms with Gasteiger partial charge in [0.15, 0.2) is 0 Å². The molecular formula is C20H28N2O3. The Morgan fingerprint density at radius 2 is 1.84 bits per heavy atom. The average molecular weight is 344 g/mol. The van der Waals surface area contributed by atoms with E-state index < -0.39 is 0 Å². The molecule has 5 nitrogen and oxygen atoms in total. The van der Waals surface area contributed by atoms with Gasteiger partial charge in [0, 0.05) is 24.7 Å². The number of ether oxygens (including phenoxy) is 1. The van der Waals surface area contributed by atoms with Gasteiger partial charge in [-0.05, 0) is 51.0 Å². The van der Waals surface area contributed by atoms with Gasteiger partial charge < -0.3 is 15.0 Å². The van der Waals surface area contributed by atoms with Gasteiger partial charge in [0.2, 0.25) is 11.8 Å². The first-order chi connectivity index (χ1) is 12.0. The fourth-order valence-corrected chi connectivity index (χ4v) is 3.68. The van der Waals surface area contributed by atoms with Crippen molar-refractivity contribution in [1.82, 2.24) is 5.32 Å². The number of hydrogen-bond acceptors (Lipinski definition) is 3. The minimum absolute atomic E-state index is 0.0151. The van der Waals surface area contributed by atoms with Crippen LogP contribution in [0.5, 0.6) is 5.75 Å². The normalized spacial score (nSPS) is 21.6. The second-order valence-corrected chi connectivity index (χ2v) is 7.41. The monoisotopic (exact) mass is 344 g/mol. The molecule has 1 saturated carbocycles. The molecular weight excluding hydrogens is 316 g/mol. The molecule has 0 radical (unpaired) electrons. The third-order valence-electron chi connectivity index (χ3n) is 4.97. The van der Waals surface area contributed by atoms with Crippen LogP contribution >= 0.6 is 0 Å². The fraction of sp³-hybridized carbons (Fsp3) is 0.600. The summed E-state index contributed by atoms with van der Waals surface area (Å²) in [4.78, 5) is 26.6. The molecule has 25 heavy (non-hydrogen) atoms. The minimum atomic E-state index is -0.249. The van der Waals surface area contributed by atoms with Crippen molar-refractivity contribution in [2.75, 3.05) is 11.4 Å². The summed E-state index contributed by atoms with van der Waals surface area (Å²) in [7, 11) is 0. The molecule has 136 valence electrons. The lowest BCUT2D eigenvalue weighted by Crippen LogP contribution is -2.40. The van der Waals surface area contributed by atoms with Crippen LogP contribution in [0.1, 0.15) is 52.4 Å². The summed E-state index contributed by atoms with van der Waals surface area (Å²) in [6.45, 7) is 4.42. The van der Waals surface area contributed by atoms with E-state index in [4.69, 9.17) is 4.74 Å². The molecule has 1 atom stereocenters. The van der Waals surface area contributed by atoms with Gasteiger partial charge >= 0.3 is 0 Å². The van der Waals surface area contributed by atoms with Crippen molar-refractivity contribution >= 4 is 17.5 Å². The summed E-state index contributed by atoms with van der Waals surface area (Å²) in [6, 6.07) is 7.81. The Morgan fingerprint density at radius 1 is 1.16 bits per heavy atom. The molecule has 1 aliphatic carbocycles. The summed E-state index contributed by atoms with van der Waals surface area (Å²) >= 11 is 0. The van der Waals surface area contributed by atoms with Crippen molar-refractivity contribution in [2.45, 2.75) is 64.5 Å². The number of nitrogens with one attached hydrogen (secondary N) is 1. The second-order valence-electron chi connectivity index (χ2n) is 7.41. The predicted molar refractivity (Wildman–Crippen MR) is 97.7 cm³/mol. The molecule has 1 unspecified atom stereocenters. The van der Waals surface area contributed by atoms with Crippen molar-refractivity contribution in [3.8, 4) is 5.75 Å². The zero-order chi connectivity index (χ0) is 17.8. The van der Waals surface area contributed by atoms with Crippen molar-refractivity contribution in [2.24, 2.45) is 5.92 Å². The van der Waals surface area contributed by atoms with Crippen LogP contribution < -0.4 is 15.0 Å². The lowest BCUT2D eigenvalue weighted by molar-refractivity contribution is -0.127. The lowest BCUT2D eigenvalue weighted by Gasteiger charge is -2.24. The Kier molecular flexibility index (Phi) is 5.61. The Labute approximate surface area is 149 Å². The van der Waals surface area contributed by atoms with Gasteiger partial charge in [-0.3, -0.25) is 9.59 Å². The van der Waals surface area contributed by atoms with E-state index in [9.17, 15) is 9.59 Å². The number of hydrogen-bond donors (Lipinski definition) is 1. The van der Waals surface area contributed by atoms with Crippen molar-refractivity contribution in [3.05, 3.63) is 24.3 Å². The number of rotatable bonds is 5. The molecule has 0 bridgehead atoms. The number of amides is 2. The van der Waals surface area contributed by atoms with Crippen LogP contribution in [0, 0.1) is 5.92 Å². The van der Waals surface area contributed by atoms with Crippen LogP contribution in [0.4, 0.5) is 5.69 Å². The molecule has 3 rings (SSSR count). The van der Waals surface area contributed by atoms with E-state index >= 15 is 0 Å². The zero-order valence-electron chi connectivity index (χ0n) is 15.2. The molecule has 2 aliphatic rings. The fourth-order valence-electron chi connectivity index (χ4n) is 3.68. The molecule has 1 N–H and O–H groups in total. The Hall–Kier alpha value is -2.04. The van der Waals surface area contributed by atoms with Gasteiger partial charge in [0.25, 0.3) is 0 Å². The van der Waals surface area contributed by atoms with Crippen LogP contribution in [0.2, 0.25) is 0 Å². The van der Waals surface area contributed by atoms with E-state index in [2.05, 4.69) is 5.32 Å². The van der Waals surface area contributed by atoms with E-state index in [1.807, 2.05) is 38.1 Å². The van der Waals surface area contributed by atoms with Gasteiger partial charge in [0.05, 0.1) is 12.0 Å². The number of carbonyl (C=O) groups excluding carboxylic acids is 2. The Morgan fingerprint density at radius 3 is 2.48 bits per heavy atom. The van der Waals surface area contributed by atoms with Gasteiger partial charge in [-0.25, -0.2) is 0 Å². The second kappa shape index (κ2) is 7.89. The number of benzene rings is 1. The van der Waals surface area contributed by atoms with Gasteiger partial charge in [-0.15, -0.1) is 0 Å². The number of nitrogens with zero attached hydrogens (tertiary/aromatic N) is 1. The first-order valence-corrected chi connectivity index (χ1v) is 9.40. The summed E-state index contributed by atoms with van der Waals surface area (Å²) in [5.74, 6) is 0.585. The summed E-state index contributed by atoms with van der Waals surface area (Å²) in [5, 5.41) is 3.15. The van der Waals surface area contributed by atoms with Gasteiger partial charge in [-0.2, -0.15) is 0 Å². The smallest absolute Gasteiger partial charge is 0.227 e. The molecule has 0 spiro atoms. The maximum absolute atomic E-state index is 12.5. The molecule has 2 amide bonds.